The largest absolute Gasteiger partial charge is 0.344 e. The molecule has 29 heavy (non-hydrogen) atoms. The molecule has 0 fully saturated rings. The molecule has 0 aliphatic heterocycles. The van der Waals surface area contributed by atoms with E-state index >= 15 is 0 Å². The third kappa shape index (κ3) is 5.35. The van der Waals surface area contributed by atoms with Crippen LogP contribution >= 0.6 is 0 Å². The molecule has 3 rings (SSSR count). The number of halogens is 1. The van der Waals surface area contributed by atoms with Crippen LogP contribution in [0.1, 0.15) is 29.0 Å². The van der Waals surface area contributed by atoms with Crippen molar-refractivity contribution in [3.05, 3.63) is 94.4 Å². The SMILES string of the molecule is C[C@H](NC(=O)c1ccc(=O)n(CC(=O)Nc2ccc(F)cc2)c1)c1ccccn1. The van der Waals surface area contributed by atoms with Crippen molar-refractivity contribution >= 4 is 17.5 Å². The van der Waals surface area contributed by atoms with E-state index in [1.807, 2.05) is 6.07 Å². The first-order valence-corrected chi connectivity index (χ1v) is 8.90. The fourth-order valence-electron chi connectivity index (χ4n) is 2.66. The molecule has 2 aromatic heterocycles. The number of amides is 2. The summed E-state index contributed by atoms with van der Waals surface area (Å²) in [5, 5.41) is 5.38. The van der Waals surface area contributed by atoms with E-state index in [0.717, 1.165) is 4.57 Å². The minimum atomic E-state index is -0.474. The highest BCUT2D eigenvalue weighted by Gasteiger charge is 2.14. The van der Waals surface area contributed by atoms with Gasteiger partial charge < -0.3 is 15.2 Å². The van der Waals surface area contributed by atoms with Crippen molar-refractivity contribution in [2.24, 2.45) is 0 Å². The fraction of sp³-hybridized carbons (Fsp3) is 0.143. The summed E-state index contributed by atoms with van der Waals surface area (Å²) < 4.78 is 14.1. The van der Waals surface area contributed by atoms with Gasteiger partial charge >= 0.3 is 0 Å². The number of anilines is 1. The molecular formula is C21H19FN4O3. The molecule has 7 nitrogen and oxygen atoms in total. The molecule has 0 aliphatic carbocycles. The fourth-order valence-corrected chi connectivity index (χ4v) is 2.66. The molecule has 1 aromatic carbocycles. The number of nitrogens with one attached hydrogen (secondary N) is 2. The quantitative estimate of drug-likeness (QED) is 0.672. The average molecular weight is 394 g/mol. The lowest BCUT2D eigenvalue weighted by Gasteiger charge is -2.14. The van der Waals surface area contributed by atoms with Crippen molar-refractivity contribution < 1.29 is 14.0 Å². The molecule has 0 bridgehead atoms. The van der Waals surface area contributed by atoms with E-state index in [-0.39, 0.29) is 18.2 Å². The van der Waals surface area contributed by atoms with E-state index in [1.165, 1.54) is 42.6 Å². The zero-order valence-electron chi connectivity index (χ0n) is 15.6. The Morgan fingerprint density at radius 2 is 1.86 bits per heavy atom. The molecule has 2 heterocycles. The molecule has 0 saturated carbocycles. The summed E-state index contributed by atoms with van der Waals surface area (Å²) in [4.78, 5) is 41.0. The Hall–Kier alpha value is -3.81. The lowest BCUT2D eigenvalue weighted by atomic mass is 10.2. The maximum atomic E-state index is 12.9. The number of nitrogens with zero attached hydrogens (tertiary/aromatic N) is 2. The van der Waals surface area contributed by atoms with Crippen LogP contribution in [0.2, 0.25) is 0 Å². The number of aromatic nitrogens is 2. The molecule has 0 unspecified atom stereocenters. The minimum Gasteiger partial charge on any atom is -0.344 e. The molecule has 2 N–H and O–H groups in total. The Morgan fingerprint density at radius 3 is 2.55 bits per heavy atom. The van der Waals surface area contributed by atoms with E-state index in [1.54, 1.807) is 25.3 Å². The number of benzene rings is 1. The van der Waals surface area contributed by atoms with Crippen LogP contribution in [0, 0.1) is 5.82 Å². The van der Waals surface area contributed by atoms with Gasteiger partial charge in [0, 0.05) is 24.1 Å². The van der Waals surface area contributed by atoms with Crippen LogP contribution < -0.4 is 16.2 Å². The molecular weight excluding hydrogens is 375 g/mol. The molecule has 0 saturated heterocycles. The van der Waals surface area contributed by atoms with Gasteiger partial charge in [0.05, 0.1) is 17.3 Å². The van der Waals surface area contributed by atoms with Crippen LogP contribution in [0.15, 0.2) is 71.8 Å². The third-order valence-corrected chi connectivity index (χ3v) is 4.17. The average Bonchev–Trinajstić information content (AvgIpc) is 2.72. The minimum absolute atomic E-state index is 0.238. The van der Waals surface area contributed by atoms with Gasteiger partial charge in [0.2, 0.25) is 5.91 Å². The molecule has 3 aromatic rings. The topological polar surface area (TPSA) is 93.1 Å². The van der Waals surface area contributed by atoms with Gasteiger partial charge in [-0.25, -0.2) is 4.39 Å². The number of carbonyl (C=O) groups is 2. The Labute approximate surface area is 166 Å². The van der Waals surface area contributed by atoms with Crippen molar-refractivity contribution in [3.63, 3.8) is 0 Å². The normalized spacial score (nSPS) is 11.5. The van der Waals surface area contributed by atoms with Gasteiger partial charge in [-0.05, 0) is 49.4 Å². The van der Waals surface area contributed by atoms with Gasteiger partial charge in [0.25, 0.3) is 11.5 Å². The van der Waals surface area contributed by atoms with Crippen LogP contribution in [-0.4, -0.2) is 21.4 Å². The molecule has 0 spiro atoms. The number of rotatable bonds is 6. The van der Waals surface area contributed by atoms with Crippen molar-refractivity contribution in [1.82, 2.24) is 14.9 Å². The number of hydrogen-bond donors (Lipinski definition) is 2. The van der Waals surface area contributed by atoms with Crippen LogP contribution in [0.3, 0.4) is 0 Å². The first kappa shape index (κ1) is 19.9. The van der Waals surface area contributed by atoms with E-state index in [4.69, 9.17) is 0 Å². The number of carbonyl (C=O) groups excluding carboxylic acids is 2. The Balaban J connectivity index is 1.68. The second kappa shape index (κ2) is 8.92. The van der Waals surface area contributed by atoms with Crippen LogP contribution in [0.25, 0.3) is 0 Å². The number of hydrogen-bond acceptors (Lipinski definition) is 4. The van der Waals surface area contributed by atoms with Gasteiger partial charge in [-0.1, -0.05) is 6.07 Å². The summed E-state index contributed by atoms with van der Waals surface area (Å²) in [6.07, 6.45) is 2.96. The Kier molecular flexibility index (Phi) is 6.13. The molecule has 1 atom stereocenters. The van der Waals surface area contributed by atoms with Gasteiger partial charge in [-0.2, -0.15) is 0 Å². The summed E-state index contributed by atoms with van der Waals surface area (Å²) in [6, 6.07) is 13.0. The highest BCUT2D eigenvalue weighted by Crippen LogP contribution is 2.10. The predicted octanol–water partition coefficient (Wildman–Crippen LogP) is 2.51. The zero-order valence-corrected chi connectivity index (χ0v) is 15.6. The molecule has 2 amide bonds. The first-order chi connectivity index (χ1) is 13.9. The monoisotopic (exact) mass is 394 g/mol. The van der Waals surface area contributed by atoms with E-state index in [2.05, 4.69) is 15.6 Å². The summed E-state index contributed by atoms with van der Waals surface area (Å²) in [7, 11) is 0. The smallest absolute Gasteiger partial charge is 0.253 e. The molecule has 8 heteroatoms. The first-order valence-electron chi connectivity index (χ1n) is 8.90. The predicted molar refractivity (Wildman–Crippen MR) is 106 cm³/mol. The molecule has 0 radical (unpaired) electrons. The van der Waals surface area contributed by atoms with E-state index < -0.39 is 23.2 Å². The Morgan fingerprint density at radius 1 is 1.10 bits per heavy atom. The third-order valence-electron chi connectivity index (χ3n) is 4.17. The lowest BCUT2D eigenvalue weighted by Crippen LogP contribution is -2.31. The second-order valence-corrected chi connectivity index (χ2v) is 6.39. The maximum absolute atomic E-state index is 12.9. The number of pyridine rings is 2. The van der Waals surface area contributed by atoms with Crippen molar-refractivity contribution in [3.8, 4) is 0 Å². The van der Waals surface area contributed by atoms with Gasteiger partial charge in [-0.3, -0.25) is 19.4 Å². The van der Waals surface area contributed by atoms with Crippen LogP contribution in [-0.2, 0) is 11.3 Å². The van der Waals surface area contributed by atoms with E-state index in [0.29, 0.717) is 11.4 Å². The zero-order chi connectivity index (χ0) is 20.8. The van der Waals surface area contributed by atoms with E-state index in [9.17, 15) is 18.8 Å². The van der Waals surface area contributed by atoms with Gasteiger partial charge in [-0.15, -0.1) is 0 Å². The summed E-state index contributed by atoms with van der Waals surface area (Å²) in [5.74, 6) is -1.29. The molecule has 0 aliphatic rings. The van der Waals surface area contributed by atoms with Crippen LogP contribution in [0.4, 0.5) is 10.1 Å². The highest BCUT2D eigenvalue weighted by atomic mass is 19.1. The standard InChI is InChI=1S/C21H19FN4O3/c1-14(18-4-2-3-11-23-18)24-21(29)15-5-10-20(28)26(12-15)13-19(27)25-17-8-6-16(22)7-9-17/h2-12,14H,13H2,1H3,(H,24,29)(H,25,27)/t14-/m0/s1. The van der Waals surface area contributed by atoms with Crippen molar-refractivity contribution in [1.29, 1.82) is 0 Å². The maximum Gasteiger partial charge on any atom is 0.253 e. The van der Waals surface area contributed by atoms with Crippen LogP contribution in [0.5, 0.6) is 0 Å². The lowest BCUT2D eigenvalue weighted by molar-refractivity contribution is -0.116. The van der Waals surface area contributed by atoms with Gasteiger partial charge in [0.15, 0.2) is 0 Å². The van der Waals surface area contributed by atoms with Gasteiger partial charge in [0.1, 0.15) is 12.4 Å². The summed E-state index contributed by atoms with van der Waals surface area (Å²) in [5.41, 5.74) is 0.922. The van der Waals surface area contributed by atoms with Crippen molar-refractivity contribution in [2.45, 2.75) is 19.5 Å². The summed E-state index contributed by atoms with van der Waals surface area (Å²) >= 11 is 0. The Bertz CT molecular complexity index is 1070. The molecule has 148 valence electrons. The second-order valence-electron chi connectivity index (χ2n) is 6.39. The highest BCUT2D eigenvalue weighted by molar-refractivity contribution is 5.94. The van der Waals surface area contributed by atoms with Crippen molar-refractivity contribution in [2.75, 3.05) is 5.32 Å². The summed E-state index contributed by atoms with van der Waals surface area (Å²) in [6.45, 7) is 1.51.